The minimum atomic E-state index is 0.524. The first-order chi connectivity index (χ1) is 18.5. The fourth-order valence-electron chi connectivity index (χ4n) is 4.57. The van der Waals surface area contributed by atoms with Crippen LogP contribution in [0.2, 0.25) is 0 Å². The Kier molecular flexibility index (Phi) is 7.73. The molecule has 1 atom stereocenters. The van der Waals surface area contributed by atoms with Crippen molar-refractivity contribution in [3.05, 3.63) is 72.8 Å². The number of fused-ring (bicyclic) bond motifs is 2. The summed E-state index contributed by atoms with van der Waals surface area (Å²) < 4.78 is 14.3. The van der Waals surface area contributed by atoms with Crippen LogP contribution in [0, 0.1) is 12.8 Å². The third-order valence-electron chi connectivity index (χ3n) is 6.80. The van der Waals surface area contributed by atoms with Crippen molar-refractivity contribution >= 4 is 33.4 Å². The van der Waals surface area contributed by atoms with Crippen LogP contribution in [-0.2, 0) is 7.05 Å². The van der Waals surface area contributed by atoms with Gasteiger partial charge in [0.05, 0.1) is 29.5 Å². The first-order valence-electron chi connectivity index (χ1n) is 13.3. The van der Waals surface area contributed by atoms with E-state index in [2.05, 4.69) is 40.2 Å². The van der Waals surface area contributed by atoms with Crippen LogP contribution in [0.5, 0.6) is 17.2 Å². The van der Waals surface area contributed by atoms with Crippen LogP contribution in [0.25, 0.3) is 21.9 Å². The van der Waals surface area contributed by atoms with E-state index in [0.717, 1.165) is 56.3 Å². The number of hydrogen-bond donors (Lipinski definition) is 1. The van der Waals surface area contributed by atoms with Crippen molar-refractivity contribution in [3.8, 4) is 17.2 Å². The minimum absolute atomic E-state index is 0.524. The largest absolute Gasteiger partial charge is 0.493 e. The molecule has 2 heterocycles. The van der Waals surface area contributed by atoms with Gasteiger partial charge in [0.25, 0.3) is 0 Å². The van der Waals surface area contributed by atoms with Gasteiger partial charge in [-0.15, -0.1) is 0 Å². The Morgan fingerprint density at radius 2 is 1.79 bits per heavy atom. The van der Waals surface area contributed by atoms with E-state index in [1.54, 1.807) is 12.7 Å². The van der Waals surface area contributed by atoms with Gasteiger partial charge in [0.2, 0.25) is 0 Å². The average Bonchev–Trinajstić information content (AvgIpc) is 3.29. The summed E-state index contributed by atoms with van der Waals surface area (Å²) in [4.78, 5) is 13.4. The lowest BCUT2D eigenvalue weighted by Crippen LogP contribution is -2.08. The second-order valence-electron chi connectivity index (χ2n) is 10.0. The number of rotatable bonds is 11. The van der Waals surface area contributed by atoms with Gasteiger partial charge < -0.3 is 19.4 Å². The predicted octanol–water partition coefficient (Wildman–Crippen LogP) is 7.96. The topological polar surface area (TPSA) is 74.1 Å². The molecule has 5 rings (SSSR count). The molecule has 5 aromatic rings. The maximum Gasteiger partial charge on any atom is 0.141 e. The Bertz CT molecular complexity index is 1540. The maximum absolute atomic E-state index is 6.18. The molecule has 7 heteroatoms. The monoisotopic (exact) mass is 509 g/mol. The summed E-state index contributed by atoms with van der Waals surface area (Å²) in [5.74, 6) is 3.65. The maximum atomic E-state index is 6.18. The molecule has 196 valence electrons. The Morgan fingerprint density at radius 3 is 2.63 bits per heavy atom. The number of nitrogens with zero attached hydrogens (tertiary/aromatic N) is 4. The van der Waals surface area contributed by atoms with E-state index in [0.29, 0.717) is 12.5 Å². The molecule has 0 amide bonds. The van der Waals surface area contributed by atoms with Crippen molar-refractivity contribution in [1.29, 1.82) is 0 Å². The molecule has 0 saturated carbocycles. The standard InChI is InChI=1S/C31H35N5O2/c1-5-6-7-8-21(2)18-37-24-10-12-27-26(16-24)31(33-19-32-27)35-23-9-14-30(22(3)15-23)38-25-11-13-29-28(17-25)34-20-36(29)4/h9-17,19-21H,5-8,18H2,1-4H3,(H,32,33,35). The predicted molar refractivity (Wildman–Crippen MR) is 154 cm³/mol. The zero-order valence-electron chi connectivity index (χ0n) is 22.6. The van der Waals surface area contributed by atoms with Gasteiger partial charge in [-0.1, -0.05) is 33.1 Å². The molecule has 0 bridgehead atoms. The van der Waals surface area contributed by atoms with Crippen LogP contribution < -0.4 is 14.8 Å². The van der Waals surface area contributed by atoms with Crippen molar-refractivity contribution < 1.29 is 9.47 Å². The molecule has 0 saturated heterocycles. The lowest BCUT2D eigenvalue weighted by molar-refractivity contribution is 0.249. The smallest absolute Gasteiger partial charge is 0.141 e. The summed E-state index contributed by atoms with van der Waals surface area (Å²) >= 11 is 0. The minimum Gasteiger partial charge on any atom is -0.493 e. The highest BCUT2D eigenvalue weighted by molar-refractivity contribution is 5.91. The Morgan fingerprint density at radius 1 is 0.921 bits per heavy atom. The zero-order valence-corrected chi connectivity index (χ0v) is 22.6. The van der Waals surface area contributed by atoms with Gasteiger partial charge in [0.1, 0.15) is 29.4 Å². The molecule has 2 aromatic heterocycles. The second-order valence-corrected chi connectivity index (χ2v) is 10.0. The SMILES string of the molecule is CCCCCC(C)COc1ccc2ncnc(Nc3ccc(Oc4ccc5c(c4)ncn5C)c(C)c3)c2c1. The number of ether oxygens (including phenoxy) is 2. The lowest BCUT2D eigenvalue weighted by atomic mass is 10.0. The number of unbranched alkanes of at least 4 members (excludes halogenated alkanes) is 2. The highest BCUT2D eigenvalue weighted by Crippen LogP contribution is 2.32. The fourth-order valence-corrected chi connectivity index (χ4v) is 4.57. The van der Waals surface area contributed by atoms with Gasteiger partial charge >= 0.3 is 0 Å². The first kappa shape index (κ1) is 25.5. The number of aryl methyl sites for hydroxylation is 2. The third kappa shape index (κ3) is 5.88. The number of imidazole rings is 1. The third-order valence-corrected chi connectivity index (χ3v) is 6.80. The van der Waals surface area contributed by atoms with Crippen molar-refractivity contribution in [3.63, 3.8) is 0 Å². The molecule has 3 aromatic carbocycles. The summed E-state index contributed by atoms with van der Waals surface area (Å²) in [5, 5.41) is 4.38. The van der Waals surface area contributed by atoms with E-state index >= 15 is 0 Å². The summed E-state index contributed by atoms with van der Waals surface area (Å²) in [6, 6.07) is 18.0. The summed E-state index contributed by atoms with van der Waals surface area (Å²) in [6.07, 6.45) is 8.35. The van der Waals surface area contributed by atoms with Crippen LogP contribution in [-0.4, -0.2) is 26.1 Å². The number of anilines is 2. The Hall–Kier alpha value is -4.13. The van der Waals surface area contributed by atoms with Crippen molar-refractivity contribution in [2.24, 2.45) is 13.0 Å². The van der Waals surface area contributed by atoms with E-state index in [1.165, 1.54) is 25.7 Å². The zero-order chi connectivity index (χ0) is 26.5. The van der Waals surface area contributed by atoms with Gasteiger partial charge in [-0.25, -0.2) is 15.0 Å². The summed E-state index contributed by atoms with van der Waals surface area (Å²) in [7, 11) is 1.98. The van der Waals surface area contributed by atoms with E-state index in [4.69, 9.17) is 9.47 Å². The molecule has 1 N–H and O–H groups in total. The van der Waals surface area contributed by atoms with Crippen LogP contribution in [0.3, 0.4) is 0 Å². The molecule has 7 nitrogen and oxygen atoms in total. The lowest BCUT2D eigenvalue weighted by Gasteiger charge is -2.15. The fraction of sp³-hybridized carbons (Fsp3) is 0.323. The molecule has 0 aliphatic heterocycles. The quantitative estimate of drug-likeness (QED) is 0.182. The second kappa shape index (κ2) is 11.5. The number of aromatic nitrogens is 4. The molecular weight excluding hydrogens is 474 g/mol. The molecule has 0 aliphatic rings. The average molecular weight is 510 g/mol. The van der Waals surface area contributed by atoms with E-state index in [-0.39, 0.29) is 0 Å². The van der Waals surface area contributed by atoms with Gasteiger partial charge in [-0.3, -0.25) is 0 Å². The Balaban J connectivity index is 1.29. The molecule has 0 spiro atoms. The molecule has 38 heavy (non-hydrogen) atoms. The van der Waals surface area contributed by atoms with Crippen LogP contribution >= 0.6 is 0 Å². The molecule has 0 radical (unpaired) electrons. The van der Waals surface area contributed by atoms with Crippen LogP contribution in [0.1, 0.15) is 45.1 Å². The number of hydrogen-bond acceptors (Lipinski definition) is 6. The van der Waals surface area contributed by atoms with Crippen LogP contribution in [0.4, 0.5) is 11.5 Å². The molecule has 1 unspecified atom stereocenters. The summed E-state index contributed by atoms with van der Waals surface area (Å²) in [5.41, 5.74) is 4.78. The van der Waals surface area contributed by atoms with Crippen molar-refractivity contribution in [1.82, 2.24) is 19.5 Å². The number of benzene rings is 3. The van der Waals surface area contributed by atoms with Crippen LogP contribution in [0.15, 0.2) is 67.3 Å². The van der Waals surface area contributed by atoms with E-state index in [9.17, 15) is 0 Å². The van der Waals surface area contributed by atoms with E-state index < -0.39 is 0 Å². The summed E-state index contributed by atoms with van der Waals surface area (Å²) in [6.45, 7) is 7.22. The normalized spacial score (nSPS) is 12.1. The van der Waals surface area contributed by atoms with E-state index in [1.807, 2.05) is 67.1 Å². The highest BCUT2D eigenvalue weighted by atomic mass is 16.5. The van der Waals surface area contributed by atoms with Crippen molar-refractivity contribution in [2.45, 2.75) is 46.5 Å². The first-order valence-corrected chi connectivity index (χ1v) is 13.3. The molecule has 0 aliphatic carbocycles. The van der Waals surface area contributed by atoms with Gasteiger partial charge in [-0.2, -0.15) is 0 Å². The van der Waals surface area contributed by atoms with Crippen molar-refractivity contribution in [2.75, 3.05) is 11.9 Å². The Labute approximate surface area is 223 Å². The number of nitrogens with one attached hydrogen (secondary N) is 1. The van der Waals surface area contributed by atoms with Gasteiger partial charge in [-0.05, 0) is 73.4 Å². The van der Waals surface area contributed by atoms with Gasteiger partial charge in [0.15, 0.2) is 0 Å². The van der Waals surface area contributed by atoms with Gasteiger partial charge in [0, 0.05) is 24.2 Å². The highest BCUT2D eigenvalue weighted by Gasteiger charge is 2.10. The molecular formula is C31H35N5O2. The molecule has 0 fully saturated rings.